The molecule has 0 aliphatic carbocycles. The lowest BCUT2D eigenvalue weighted by atomic mass is 10.3. The van der Waals surface area contributed by atoms with Crippen molar-refractivity contribution in [3.8, 4) is 0 Å². The zero-order chi connectivity index (χ0) is 14.0. The molecule has 0 fully saturated rings. The van der Waals surface area contributed by atoms with Crippen LogP contribution in [0.25, 0.3) is 0 Å². The van der Waals surface area contributed by atoms with Crippen molar-refractivity contribution in [3.63, 3.8) is 0 Å². The summed E-state index contributed by atoms with van der Waals surface area (Å²) in [5, 5.41) is 0. The van der Waals surface area contributed by atoms with Gasteiger partial charge in [0.25, 0.3) is 11.8 Å². The van der Waals surface area contributed by atoms with Crippen molar-refractivity contribution in [1.82, 2.24) is 10.9 Å². The lowest BCUT2D eigenvalue weighted by Gasteiger charge is -2.05. The van der Waals surface area contributed by atoms with Crippen LogP contribution in [0.2, 0.25) is 8.67 Å². The van der Waals surface area contributed by atoms with Crippen molar-refractivity contribution < 1.29 is 9.59 Å². The van der Waals surface area contributed by atoms with Gasteiger partial charge in [0.05, 0.1) is 18.6 Å². The minimum Gasteiger partial charge on any atom is -0.267 e. The van der Waals surface area contributed by atoms with Crippen LogP contribution in [0.4, 0.5) is 0 Å². The number of hydrogen-bond acceptors (Lipinski definition) is 4. The standard InChI is InChI=1S/C10H5BrCl2N2O2S2/c11-6-2-1-5(18-6)10(17)15-14-9(16)4-3-7(12)19-8(4)13/h1-3H,(H,14,16)(H,15,17). The first kappa shape index (κ1) is 14.8. The van der Waals surface area contributed by atoms with Crippen LogP contribution >= 0.6 is 61.8 Å². The zero-order valence-electron chi connectivity index (χ0n) is 9.00. The molecule has 2 aromatic rings. The average molecular weight is 400 g/mol. The summed E-state index contributed by atoms with van der Waals surface area (Å²) in [6.45, 7) is 0. The van der Waals surface area contributed by atoms with Crippen molar-refractivity contribution >= 4 is 73.6 Å². The molecule has 0 bridgehead atoms. The minimum absolute atomic E-state index is 0.226. The minimum atomic E-state index is -0.517. The van der Waals surface area contributed by atoms with E-state index in [4.69, 9.17) is 23.2 Å². The number of halogens is 3. The number of hydrogen-bond donors (Lipinski definition) is 2. The molecule has 0 aliphatic rings. The van der Waals surface area contributed by atoms with Gasteiger partial charge in [0, 0.05) is 0 Å². The van der Waals surface area contributed by atoms with Crippen molar-refractivity contribution in [1.29, 1.82) is 0 Å². The van der Waals surface area contributed by atoms with E-state index in [-0.39, 0.29) is 9.90 Å². The molecule has 0 aliphatic heterocycles. The summed E-state index contributed by atoms with van der Waals surface area (Å²) in [6.07, 6.45) is 0. The molecule has 2 amide bonds. The van der Waals surface area contributed by atoms with Crippen LogP contribution in [0, 0.1) is 0 Å². The van der Waals surface area contributed by atoms with E-state index >= 15 is 0 Å². The van der Waals surface area contributed by atoms with E-state index in [9.17, 15) is 9.59 Å². The molecular formula is C10H5BrCl2N2O2S2. The van der Waals surface area contributed by atoms with E-state index in [2.05, 4.69) is 26.8 Å². The fourth-order valence-corrected chi connectivity index (χ4v) is 3.91. The average Bonchev–Trinajstić information content (AvgIpc) is 2.92. The van der Waals surface area contributed by atoms with E-state index < -0.39 is 11.8 Å². The van der Waals surface area contributed by atoms with Crippen LogP contribution in [-0.4, -0.2) is 11.8 Å². The Morgan fingerprint density at radius 3 is 2.32 bits per heavy atom. The van der Waals surface area contributed by atoms with Gasteiger partial charge in [-0.05, 0) is 34.1 Å². The summed E-state index contributed by atoms with van der Waals surface area (Å²) in [7, 11) is 0. The highest BCUT2D eigenvalue weighted by atomic mass is 79.9. The summed E-state index contributed by atoms with van der Waals surface area (Å²) in [6, 6.07) is 4.83. The molecular weight excluding hydrogens is 395 g/mol. The Morgan fingerprint density at radius 1 is 1.11 bits per heavy atom. The fourth-order valence-electron chi connectivity index (χ4n) is 1.17. The molecule has 0 atom stereocenters. The van der Waals surface area contributed by atoms with Gasteiger partial charge >= 0.3 is 0 Å². The number of amides is 2. The molecule has 100 valence electrons. The Kier molecular flexibility index (Phi) is 4.86. The predicted octanol–water partition coefficient (Wildman–Crippen LogP) is 3.95. The van der Waals surface area contributed by atoms with Gasteiger partial charge in [-0.3, -0.25) is 20.4 Å². The molecule has 19 heavy (non-hydrogen) atoms. The molecule has 0 saturated heterocycles. The maximum Gasteiger partial charge on any atom is 0.279 e. The van der Waals surface area contributed by atoms with Crippen LogP contribution in [-0.2, 0) is 0 Å². The molecule has 0 spiro atoms. The maximum absolute atomic E-state index is 11.8. The number of nitrogens with one attached hydrogen (secondary N) is 2. The summed E-state index contributed by atoms with van der Waals surface area (Å²) in [5.41, 5.74) is 4.80. The first-order valence-corrected chi connectivity index (χ1v) is 7.96. The van der Waals surface area contributed by atoms with Gasteiger partial charge in [-0.15, -0.1) is 22.7 Å². The Morgan fingerprint density at radius 2 is 1.79 bits per heavy atom. The third-order valence-electron chi connectivity index (χ3n) is 1.99. The van der Waals surface area contributed by atoms with Gasteiger partial charge < -0.3 is 0 Å². The molecule has 0 unspecified atom stereocenters. The van der Waals surface area contributed by atoms with Crippen molar-refractivity contribution in [2.24, 2.45) is 0 Å². The van der Waals surface area contributed by atoms with Gasteiger partial charge in [-0.25, -0.2) is 0 Å². The van der Waals surface area contributed by atoms with Crippen molar-refractivity contribution in [2.45, 2.75) is 0 Å². The smallest absolute Gasteiger partial charge is 0.267 e. The van der Waals surface area contributed by atoms with Crippen LogP contribution in [0.3, 0.4) is 0 Å². The van der Waals surface area contributed by atoms with E-state index in [1.54, 1.807) is 12.1 Å². The second kappa shape index (κ2) is 6.23. The monoisotopic (exact) mass is 398 g/mol. The predicted molar refractivity (Wildman–Crippen MR) is 81.3 cm³/mol. The lowest BCUT2D eigenvalue weighted by Crippen LogP contribution is -2.41. The van der Waals surface area contributed by atoms with Gasteiger partial charge in [0.2, 0.25) is 0 Å². The molecule has 4 nitrogen and oxygen atoms in total. The van der Waals surface area contributed by atoms with Gasteiger partial charge in [0.1, 0.15) is 4.34 Å². The second-order valence-corrected chi connectivity index (χ2v) is 8.00. The number of carbonyl (C=O) groups excluding carboxylic acids is 2. The number of hydrazine groups is 1. The Balaban J connectivity index is 1.97. The highest BCUT2D eigenvalue weighted by Crippen LogP contribution is 2.30. The Hall–Kier alpha value is -0.600. The second-order valence-electron chi connectivity index (χ2n) is 3.25. The maximum atomic E-state index is 11.8. The molecule has 2 rings (SSSR count). The third-order valence-corrected chi connectivity index (χ3v) is 5.10. The van der Waals surface area contributed by atoms with Crippen molar-refractivity contribution in [3.05, 3.63) is 41.1 Å². The Bertz CT molecular complexity index is 641. The molecule has 0 aromatic carbocycles. The summed E-state index contributed by atoms with van der Waals surface area (Å²) in [4.78, 5) is 23.9. The van der Waals surface area contributed by atoms with Crippen LogP contribution in [0.1, 0.15) is 20.0 Å². The molecule has 2 N–H and O–H groups in total. The first-order chi connectivity index (χ1) is 8.97. The lowest BCUT2D eigenvalue weighted by molar-refractivity contribution is 0.0849. The number of thiophene rings is 2. The molecule has 2 heterocycles. The number of carbonyl (C=O) groups is 2. The van der Waals surface area contributed by atoms with E-state index in [1.165, 1.54) is 17.4 Å². The van der Waals surface area contributed by atoms with Gasteiger partial charge in [0.15, 0.2) is 0 Å². The van der Waals surface area contributed by atoms with Crippen LogP contribution < -0.4 is 10.9 Å². The molecule has 2 aromatic heterocycles. The van der Waals surface area contributed by atoms with E-state index in [1.807, 2.05) is 0 Å². The Labute approximate surface area is 134 Å². The van der Waals surface area contributed by atoms with E-state index in [0.717, 1.165) is 15.1 Å². The summed E-state index contributed by atoms with van der Waals surface area (Å²) >= 11 is 17.2. The topological polar surface area (TPSA) is 58.2 Å². The van der Waals surface area contributed by atoms with Crippen LogP contribution in [0.5, 0.6) is 0 Å². The molecule has 0 radical (unpaired) electrons. The first-order valence-electron chi connectivity index (χ1n) is 4.78. The zero-order valence-corrected chi connectivity index (χ0v) is 13.7. The van der Waals surface area contributed by atoms with Crippen molar-refractivity contribution in [2.75, 3.05) is 0 Å². The summed E-state index contributed by atoms with van der Waals surface area (Å²) in [5.74, 6) is -0.918. The van der Waals surface area contributed by atoms with E-state index in [0.29, 0.717) is 9.21 Å². The normalized spacial score (nSPS) is 10.3. The van der Waals surface area contributed by atoms with Gasteiger partial charge in [-0.2, -0.15) is 0 Å². The molecule has 9 heteroatoms. The summed E-state index contributed by atoms with van der Waals surface area (Å²) < 4.78 is 1.51. The highest BCUT2D eigenvalue weighted by Gasteiger charge is 2.15. The molecule has 0 saturated carbocycles. The fraction of sp³-hybridized carbons (Fsp3) is 0. The SMILES string of the molecule is O=C(NNC(=O)c1cc(Cl)sc1Cl)c1ccc(Br)s1. The number of rotatable bonds is 2. The third kappa shape index (κ3) is 3.70. The van der Waals surface area contributed by atoms with Crippen LogP contribution in [0.15, 0.2) is 22.0 Å². The quantitative estimate of drug-likeness (QED) is 0.751. The highest BCUT2D eigenvalue weighted by molar-refractivity contribution is 9.11. The largest absolute Gasteiger partial charge is 0.279 e. The van der Waals surface area contributed by atoms with Gasteiger partial charge in [-0.1, -0.05) is 23.2 Å².